The first-order valence-electron chi connectivity index (χ1n) is 5.18. The lowest BCUT2D eigenvalue weighted by atomic mass is 10.2. The summed E-state index contributed by atoms with van der Waals surface area (Å²) in [6, 6.07) is 11.5. The van der Waals surface area contributed by atoms with Gasteiger partial charge in [0, 0.05) is 20.8 Å². The molecule has 2 rings (SSSR count). The zero-order valence-corrected chi connectivity index (χ0v) is 13.2. The molecule has 0 unspecified atom stereocenters. The van der Waals surface area contributed by atoms with Gasteiger partial charge in [-0.05, 0) is 45.8 Å². The van der Waals surface area contributed by atoms with Gasteiger partial charge in [-0.1, -0.05) is 35.3 Å². The molecule has 0 aromatic heterocycles. The van der Waals surface area contributed by atoms with Crippen LogP contribution in [0.1, 0.15) is 5.56 Å². The van der Waals surface area contributed by atoms with E-state index in [-0.39, 0.29) is 0 Å². The molecule has 0 fully saturated rings. The molecular weight excluding hydrogens is 353 g/mol. The summed E-state index contributed by atoms with van der Waals surface area (Å²) in [6.07, 6.45) is 0. The van der Waals surface area contributed by atoms with Crippen molar-refractivity contribution < 1.29 is 0 Å². The van der Waals surface area contributed by atoms with Crippen LogP contribution in [0.25, 0.3) is 0 Å². The van der Waals surface area contributed by atoms with Gasteiger partial charge in [0.05, 0.1) is 10.0 Å². The lowest BCUT2D eigenvalue weighted by Gasteiger charge is -2.07. The van der Waals surface area contributed by atoms with Gasteiger partial charge in [-0.2, -0.15) is 0 Å². The normalized spacial score (nSPS) is 10.6. The first kappa shape index (κ1) is 14.1. The second-order valence-corrected chi connectivity index (χ2v) is 6.34. The van der Waals surface area contributed by atoms with Crippen LogP contribution in [0.4, 0.5) is 5.69 Å². The van der Waals surface area contributed by atoms with Gasteiger partial charge in [-0.3, -0.25) is 0 Å². The van der Waals surface area contributed by atoms with Gasteiger partial charge in [0.2, 0.25) is 0 Å². The number of anilines is 1. The number of rotatable bonds is 3. The highest BCUT2D eigenvalue weighted by Gasteiger charge is 2.05. The lowest BCUT2D eigenvalue weighted by molar-refractivity contribution is 1.36. The molecule has 2 N–H and O–H groups in total. The molecule has 2 aromatic carbocycles. The van der Waals surface area contributed by atoms with Crippen LogP contribution in [0, 0.1) is 0 Å². The van der Waals surface area contributed by atoms with E-state index >= 15 is 0 Å². The number of halogens is 3. The first-order valence-corrected chi connectivity index (χ1v) is 7.72. The predicted octanol–water partition coefficient (Wildman–Crippen LogP) is 5.63. The SMILES string of the molecule is Nc1cccc(CSc2ccc(Cl)c(Cl)c2)c1Br. The van der Waals surface area contributed by atoms with Gasteiger partial charge in [-0.15, -0.1) is 11.8 Å². The van der Waals surface area contributed by atoms with Crippen molar-refractivity contribution in [1.82, 2.24) is 0 Å². The van der Waals surface area contributed by atoms with E-state index in [0.717, 1.165) is 26.4 Å². The minimum absolute atomic E-state index is 0.575. The van der Waals surface area contributed by atoms with Crippen molar-refractivity contribution in [3.8, 4) is 0 Å². The van der Waals surface area contributed by atoms with Crippen LogP contribution in [0.3, 0.4) is 0 Å². The van der Waals surface area contributed by atoms with Gasteiger partial charge in [-0.25, -0.2) is 0 Å². The second kappa shape index (κ2) is 6.20. The van der Waals surface area contributed by atoms with Crippen molar-refractivity contribution in [2.75, 3.05) is 5.73 Å². The fraction of sp³-hybridized carbons (Fsp3) is 0.0769. The molecule has 5 heteroatoms. The number of benzene rings is 2. The van der Waals surface area contributed by atoms with Crippen molar-refractivity contribution in [1.29, 1.82) is 0 Å². The smallest absolute Gasteiger partial charge is 0.0603 e. The molecule has 0 amide bonds. The number of nitrogens with two attached hydrogens (primary N) is 1. The Morgan fingerprint density at radius 1 is 1.11 bits per heavy atom. The molecule has 0 saturated carbocycles. The fourth-order valence-corrected chi connectivity index (χ4v) is 3.32. The lowest BCUT2D eigenvalue weighted by Crippen LogP contribution is -1.90. The Bertz CT molecular complexity index is 575. The molecule has 18 heavy (non-hydrogen) atoms. The molecule has 0 aliphatic rings. The largest absolute Gasteiger partial charge is 0.398 e. The maximum absolute atomic E-state index is 5.98. The average molecular weight is 363 g/mol. The molecule has 0 aliphatic carbocycles. The Kier molecular flexibility index (Phi) is 4.84. The third-order valence-corrected chi connectivity index (χ3v) is 5.14. The van der Waals surface area contributed by atoms with Crippen LogP contribution in [0.5, 0.6) is 0 Å². The van der Waals surface area contributed by atoms with Crippen molar-refractivity contribution in [2.45, 2.75) is 10.6 Å². The summed E-state index contributed by atoms with van der Waals surface area (Å²) in [5.74, 6) is 0.823. The molecule has 0 aliphatic heterocycles. The maximum Gasteiger partial charge on any atom is 0.0603 e. The van der Waals surface area contributed by atoms with Crippen molar-refractivity contribution in [2.24, 2.45) is 0 Å². The third kappa shape index (κ3) is 3.35. The topological polar surface area (TPSA) is 26.0 Å². The molecule has 0 radical (unpaired) electrons. The van der Waals surface area contributed by atoms with Crippen molar-refractivity contribution in [3.63, 3.8) is 0 Å². The van der Waals surface area contributed by atoms with Gasteiger partial charge in [0.1, 0.15) is 0 Å². The third-order valence-electron chi connectivity index (χ3n) is 2.39. The second-order valence-electron chi connectivity index (χ2n) is 3.68. The van der Waals surface area contributed by atoms with E-state index in [9.17, 15) is 0 Å². The Morgan fingerprint density at radius 2 is 1.89 bits per heavy atom. The van der Waals surface area contributed by atoms with Gasteiger partial charge in [0.25, 0.3) is 0 Å². The van der Waals surface area contributed by atoms with Gasteiger partial charge in [0.15, 0.2) is 0 Å². The molecule has 94 valence electrons. The van der Waals surface area contributed by atoms with Gasteiger partial charge >= 0.3 is 0 Å². The molecule has 0 saturated heterocycles. The molecule has 0 spiro atoms. The number of hydrogen-bond donors (Lipinski definition) is 1. The summed E-state index contributed by atoms with van der Waals surface area (Å²) in [4.78, 5) is 1.08. The number of nitrogen functional groups attached to an aromatic ring is 1. The van der Waals surface area contributed by atoms with Crippen LogP contribution in [0.2, 0.25) is 10.0 Å². The summed E-state index contributed by atoms with van der Waals surface area (Å²) in [5, 5.41) is 1.15. The Balaban J connectivity index is 2.11. The average Bonchev–Trinajstić information content (AvgIpc) is 2.35. The van der Waals surface area contributed by atoms with E-state index in [1.165, 1.54) is 0 Å². The minimum Gasteiger partial charge on any atom is -0.398 e. The quantitative estimate of drug-likeness (QED) is 0.565. The van der Waals surface area contributed by atoms with Crippen molar-refractivity contribution in [3.05, 3.63) is 56.5 Å². The van der Waals surface area contributed by atoms with Crippen LogP contribution >= 0.6 is 50.9 Å². The van der Waals surface area contributed by atoms with Crippen LogP contribution in [0.15, 0.2) is 45.8 Å². The molecular formula is C13H10BrCl2NS. The van der Waals surface area contributed by atoms with Crippen LogP contribution < -0.4 is 5.73 Å². The van der Waals surface area contributed by atoms with Gasteiger partial charge < -0.3 is 5.73 Å². The van der Waals surface area contributed by atoms with E-state index in [1.54, 1.807) is 17.8 Å². The summed E-state index contributed by atoms with van der Waals surface area (Å²) >= 11 is 17.0. The zero-order valence-electron chi connectivity index (χ0n) is 9.29. The summed E-state index contributed by atoms with van der Waals surface area (Å²) < 4.78 is 0.956. The molecule has 1 nitrogen and oxygen atoms in total. The molecule has 0 heterocycles. The number of thioether (sulfide) groups is 1. The molecule has 0 bridgehead atoms. The molecule has 2 aromatic rings. The highest BCUT2D eigenvalue weighted by molar-refractivity contribution is 9.10. The fourth-order valence-electron chi connectivity index (χ4n) is 1.44. The highest BCUT2D eigenvalue weighted by atomic mass is 79.9. The Labute approximate surface area is 129 Å². The monoisotopic (exact) mass is 361 g/mol. The predicted molar refractivity (Wildman–Crippen MR) is 84.6 cm³/mol. The zero-order chi connectivity index (χ0) is 13.1. The van der Waals surface area contributed by atoms with E-state index < -0.39 is 0 Å². The molecule has 0 atom stereocenters. The van der Waals surface area contributed by atoms with E-state index in [1.807, 2.05) is 30.3 Å². The Hall–Kier alpha value is -0.350. The summed E-state index contributed by atoms with van der Waals surface area (Å²) in [5.41, 5.74) is 7.75. The summed E-state index contributed by atoms with van der Waals surface area (Å²) in [7, 11) is 0. The van der Waals surface area contributed by atoms with Crippen LogP contribution in [-0.4, -0.2) is 0 Å². The summed E-state index contributed by atoms with van der Waals surface area (Å²) in [6.45, 7) is 0. The standard InChI is InChI=1S/C13H10BrCl2NS/c14-13-8(2-1-3-12(13)17)7-18-9-4-5-10(15)11(16)6-9/h1-6H,7,17H2. The van der Waals surface area contributed by atoms with Crippen molar-refractivity contribution >= 4 is 56.6 Å². The Morgan fingerprint density at radius 3 is 2.61 bits per heavy atom. The van der Waals surface area contributed by atoms with E-state index in [0.29, 0.717) is 10.0 Å². The van der Waals surface area contributed by atoms with E-state index in [4.69, 9.17) is 28.9 Å². The van der Waals surface area contributed by atoms with Crippen LogP contribution in [-0.2, 0) is 5.75 Å². The van der Waals surface area contributed by atoms with E-state index in [2.05, 4.69) is 15.9 Å². The highest BCUT2D eigenvalue weighted by Crippen LogP contribution is 2.32. The number of hydrogen-bond acceptors (Lipinski definition) is 2. The maximum atomic E-state index is 5.98. The first-order chi connectivity index (χ1) is 8.58. The minimum atomic E-state index is 0.575.